The minimum Gasteiger partial charge on any atom is -0.487 e. The molecule has 2 atom stereocenters. The van der Waals surface area contributed by atoms with E-state index >= 15 is 0 Å². The number of para-hydroxylation sites is 1. The SMILES string of the molecule is CCOCCOc1c(Cl)cccc1NC(=O)CC(C)C1CCCNC1. The predicted molar refractivity (Wildman–Crippen MR) is 101 cm³/mol. The van der Waals surface area contributed by atoms with Crippen molar-refractivity contribution in [2.24, 2.45) is 11.8 Å². The highest BCUT2D eigenvalue weighted by Gasteiger charge is 2.22. The lowest BCUT2D eigenvalue weighted by atomic mass is 9.85. The van der Waals surface area contributed by atoms with Crippen molar-refractivity contribution in [2.45, 2.75) is 33.1 Å². The van der Waals surface area contributed by atoms with Gasteiger partial charge in [0.25, 0.3) is 0 Å². The molecule has 0 aromatic heterocycles. The summed E-state index contributed by atoms with van der Waals surface area (Å²) in [5, 5.41) is 6.85. The second kappa shape index (κ2) is 10.6. The predicted octanol–water partition coefficient (Wildman–Crippen LogP) is 3.72. The first kappa shape index (κ1) is 20.0. The van der Waals surface area contributed by atoms with Crippen molar-refractivity contribution in [1.82, 2.24) is 5.32 Å². The second-order valence-electron chi connectivity index (χ2n) is 6.50. The molecule has 1 aliphatic heterocycles. The van der Waals surface area contributed by atoms with Gasteiger partial charge in [0, 0.05) is 13.0 Å². The van der Waals surface area contributed by atoms with Crippen molar-refractivity contribution in [1.29, 1.82) is 0 Å². The van der Waals surface area contributed by atoms with Crippen molar-refractivity contribution in [2.75, 3.05) is 38.2 Å². The topological polar surface area (TPSA) is 59.6 Å². The van der Waals surface area contributed by atoms with E-state index in [1.165, 1.54) is 12.8 Å². The van der Waals surface area contributed by atoms with Gasteiger partial charge < -0.3 is 20.1 Å². The average Bonchev–Trinajstić information content (AvgIpc) is 2.61. The number of piperidine rings is 1. The molecule has 0 aliphatic carbocycles. The molecule has 1 amide bonds. The van der Waals surface area contributed by atoms with Gasteiger partial charge in [-0.05, 0) is 56.8 Å². The van der Waals surface area contributed by atoms with E-state index in [9.17, 15) is 4.79 Å². The summed E-state index contributed by atoms with van der Waals surface area (Å²) >= 11 is 6.23. The summed E-state index contributed by atoms with van der Waals surface area (Å²) in [5.74, 6) is 1.40. The Morgan fingerprint density at radius 3 is 3.00 bits per heavy atom. The van der Waals surface area contributed by atoms with Crippen LogP contribution in [0.1, 0.15) is 33.1 Å². The van der Waals surface area contributed by atoms with Crippen LogP contribution >= 0.6 is 11.6 Å². The fraction of sp³-hybridized carbons (Fsp3) is 0.632. The van der Waals surface area contributed by atoms with Crippen LogP contribution in [0.2, 0.25) is 5.02 Å². The van der Waals surface area contributed by atoms with Gasteiger partial charge in [-0.25, -0.2) is 0 Å². The van der Waals surface area contributed by atoms with Gasteiger partial charge in [0.2, 0.25) is 5.91 Å². The van der Waals surface area contributed by atoms with E-state index < -0.39 is 0 Å². The van der Waals surface area contributed by atoms with Crippen LogP contribution in [0.5, 0.6) is 5.75 Å². The summed E-state index contributed by atoms with van der Waals surface area (Å²) in [7, 11) is 0. The smallest absolute Gasteiger partial charge is 0.224 e. The van der Waals surface area contributed by atoms with Crippen molar-refractivity contribution in [3.05, 3.63) is 23.2 Å². The third kappa shape index (κ3) is 6.49. The highest BCUT2D eigenvalue weighted by atomic mass is 35.5. The van der Waals surface area contributed by atoms with Crippen LogP contribution in [-0.4, -0.2) is 38.8 Å². The molecule has 0 radical (unpaired) electrons. The van der Waals surface area contributed by atoms with Gasteiger partial charge in [0.15, 0.2) is 5.75 Å². The highest BCUT2D eigenvalue weighted by molar-refractivity contribution is 6.32. The number of hydrogen-bond acceptors (Lipinski definition) is 4. The molecule has 5 nitrogen and oxygen atoms in total. The molecule has 0 spiro atoms. The molecule has 140 valence electrons. The maximum Gasteiger partial charge on any atom is 0.224 e. The van der Waals surface area contributed by atoms with Crippen LogP contribution < -0.4 is 15.4 Å². The maximum atomic E-state index is 12.5. The summed E-state index contributed by atoms with van der Waals surface area (Å²) in [6, 6.07) is 5.37. The van der Waals surface area contributed by atoms with Gasteiger partial charge in [-0.1, -0.05) is 24.6 Å². The molecule has 1 aromatic carbocycles. The number of ether oxygens (including phenoxy) is 2. The zero-order chi connectivity index (χ0) is 18.1. The Bertz CT molecular complexity index is 547. The van der Waals surface area contributed by atoms with E-state index in [1.807, 2.05) is 19.1 Å². The standard InChI is InChI=1S/C19H29ClN2O3/c1-3-24-10-11-25-19-16(20)7-4-8-17(19)22-18(23)12-14(2)15-6-5-9-21-13-15/h4,7-8,14-15,21H,3,5-6,9-13H2,1-2H3,(H,22,23). The Kier molecular flexibility index (Phi) is 8.52. The lowest BCUT2D eigenvalue weighted by Crippen LogP contribution is -2.34. The Morgan fingerprint density at radius 2 is 2.28 bits per heavy atom. The molecule has 2 rings (SSSR count). The fourth-order valence-corrected chi connectivity index (χ4v) is 3.35. The monoisotopic (exact) mass is 368 g/mol. The molecule has 0 bridgehead atoms. The number of benzene rings is 1. The van der Waals surface area contributed by atoms with Gasteiger partial charge >= 0.3 is 0 Å². The number of hydrogen-bond donors (Lipinski definition) is 2. The average molecular weight is 369 g/mol. The number of rotatable bonds is 9. The molecule has 6 heteroatoms. The molecule has 1 aliphatic rings. The largest absolute Gasteiger partial charge is 0.487 e. The van der Waals surface area contributed by atoms with Crippen LogP contribution in [0.3, 0.4) is 0 Å². The lowest BCUT2D eigenvalue weighted by Gasteiger charge is -2.28. The van der Waals surface area contributed by atoms with E-state index in [0.29, 0.717) is 54.5 Å². The normalized spacial score (nSPS) is 18.6. The Morgan fingerprint density at radius 1 is 1.44 bits per heavy atom. The number of amides is 1. The van der Waals surface area contributed by atoms with Crippen LogP contribution in [0.15, 0.2) is 18.2 Å². The molecular weight excluding hydrogens is 340 g/mol. The number of carbonyl (C=O) groups is 1. The number of halogens is 1. The van der Waals surface area contributed by atoms with Crippen LogP contribution in [0, 0.1) is 11.8 Å². The summed E-state index contributed by atoms with van der Waals surface area (Å²) in [5.41, 5.74) is 0.614. The molecule has 1 saturated heterocycles. The summed E-state index contributed by atoms with van der Waals surface area (Å²) in [6.07, 6.45) is 2.87. The fourth-order valence-electron chi connectivity index (χ4n) is 3.13. The van der Waals surface area contributed by atoms with E-state index in [0.717, 1.165) is 13.1 Å². The minimum absolute atomic E-state index is 0.00463. The van der Waals surface area contributed by atoms with E-state index in [2.05, 4.69) is 17.6 Å². The molecule has 25 heavy (non-hydrogen) atoms. The second-order valence-corrected chi connectivity index (χ2v) is 6.91. The Hall–Kier alpha value is -1.30. The van der Waals surface area contributed by atoms with Crippen LogP contribution in [0.4, 0.5) is 5.69 Å². The third-order valence-corrected chi connectivity index (χ3v) is 4.86. The molecule has 0 saturated carbocycles. The minimum atomic E-state index is -0.00463. The number of nitrogens with one attached hydrogen (secondary N) is 2. The Labute approximate surface area is 155 Å². The first-order chi connectivity index (χ1) is 12.1. The van der Waals surface area contributed by atoms with Gasteiger partial charge in [-0.3, -0.25) is 4.79 Å². The quantitative estimate of drug-likeness (QED) is 0.652. The summed E-state index contributed by atoms with van der Waals surface area (Å²) < 4.78 is 11.0. The van der Waals surface area contributed by atoms with E-state index in [4.69, 9.17) is 21.1 Å². The molecule has 2 N–H and O–H groups in total. The van der Waals surface area contributed by atoms with Crippen molar-refractivity contribution in [3.63, 3.8) is 0 Å². The highest BCUT2D eigenvalue weighted by Crippen LogP contribution is 2.33. The maximum absolute atomic E-state index is 12.5. The third-order valence-electron chi connectivity index (χ3n) is 4.57. The van der Waals surface area contributed by atoms with Crippen LogP contribution in [0.25, 0.3) is 0 Å². The lowest BCUT2D eigenvalue weighted by molar-refractivity contribution is -0.117. The van der Waals surface area contributed by atoms with Crippen LogP contribution in [-0.2, 0) is 9.53 Å². The van der Waals surface area contributed by atoms with Gasteiger partial charge in [0.1, 0.15) is 6.61 Å². The van der Waals surface area contributed by atoms with Gasteiger partial charge in [0.05, 0.1) is 17.3 Å². The Balaban J connectivity index is 1.91. The molecular formula is C19H29ClN2O3. The molecule has 1 fully saturated rings. The molecule has 2 unspecified atom stereocenters. The molecule has 1 heterocycles. The number of anilines is 1. The van der Waals surface area contributed by atoms with E-state index in [1.54, 1.807) is 6.07 Å². The van der Waals surface area contributed by atoms with Crippen molar-refractivity contribution >= 4 is 23.2 Å². The van der Waals surface area contributed by atoms with Crippen molar-refractivity contribution in [3.8, 4) is 5.75 Å². The van der Waals surface area contributed by atoms with Crippen molar-refractivity contribution < 1.29 is 14.3 Å². The zero-order valence-corrected chi connectivity index (χ0v) is 15.9. The number of carbonyl (C=O) groups excluding carboxylic acids is 1. The first-order valence-electron chi connectivity index (χ1n) is 9.11. The van der Waals surface area contributed by atoms with Gasteiger partial charge in [-0.15, -0.1) is 0 Å². The zero-order valence-electron chi connectivity index (χ0n) is 15.1. The first-order valence-corrected chi connectivity index (χ1v) is 9.49. The van der Waals surface area contributed by atoms with E-state index in [-0.39, 0.29) is 5.91 Å². The summed E-state index contributed by atoms with van der Waals surface area (Å²) in [4.78, 5) is 12.5. The summed E-state index contributed by atoms with van der Waals surface area (Å²) in [6.45, 7) is 7.69. The molecule has 1 aromatic rings. The van der Waals surface area contributed by atoms with Gasteiger partial charge in [-0.2, -0.15) is 0 Å².